The highest BCUT2D eigenvalue weighted by Crippen LogP contribution is 2.17. The molecule has 1 rings (SSSR count). The lowest BCUT2D eigenvalue weighted by Gasteiger charge is -2.25. The standard InChI is InChI=1S/C10H20N4O2/c1-7(9(11)13-16)14(2)10(15)12-8-5-3-4-6-8/h7-8,16H,3-6H2,1-2H3,(H2,11,13)(H,12,15). The van der Waals surface area contributed by atoms with Gasteiger partial charge in [0.05, 0.1) is 6.04 Å². The van der Waals surface area contributed by atoms with Crippen LogP contribution in [0.3, 0.4) is 0 Å². The van der Waals surface area contributed by atoms with Crippen LogP contribution in [0.15, 0.2) is 5.16 Å². The molecule has 0 saturated heterocycles. The Kier molecular flexibility index (Phi) is 4.39. The van der Waals surface area contributed by atoms with Gasteiger partial charge >= 0.3 is 6.03 Å². The maximum atomic E-state index is 11.8. The number of amidine groups is 1. The van der Waals surface area contributed by atoms with Crippen molar-refractivity contribution >= 4 is 11.9 Å². The SMILES string of the molecule is CC(C(N)=NO)N(C)C(=O)NC1CCCC1. The molecule has 0 aromatic heterocycles. The van der Waals surface area contributed by atoms with Gasteiger partial charge in [-0.05, 0) is 19.8 Å². The molecule has 0 aliphatic heterocycles. The molecule has 1 unspecified atom stereocenters. The summed E-state index contributed by atoms with van der Waals surface area (Å²) in [5, 5.41) is 14.4. The van der Waals surface area contributed by atoms with Crippen molar-refractivity contribution in [1.82, 2.24) is 10.2 Å². The molecule has 4 N–H and O–H groups in total. The number of carbonyl (C=O) groups excluding carboxylic acids is 1. The number of hydrogen-bond acceptors (Lipinski definition) is 3. The van der Waals surface area contributed by atoms with Gasteiger partial charge in [0, 0.05) is 13.1 Å². The van der Waals surface area contributed by atoms with Gasteiger partial charge in [-0.25, -0.2) is 4.79 Å². The molecule has 1 fully saturated rings. The normalized spacial score (nSPS) is 19.5. The van der Waals surface area contributed by atoms with Gasteiger partial charge in [0.2, 0.25) is 0 Å². The Balaban J connectivity index is 2.46. The Morgan fingerprint density at radius 2 is 2.12 bits per heavy atom. The van der Waals surface area contributed by atoms with Crippen molar-refractivity contribution in [2.75, 3.05) is 7.05 Å². The van der Waals surface area contributed by atoms with Crippen LogP contribution >= 0.6 is 0 Å². The van der Waals surface area contributed by atoms with Gasteiger partial charge in [0.25, 0.3) is 0 Å². The Bertz CT molecular complexity index is 274. The molecule has 6 nitrogen and oxygen atoms in total. The molecule has 1 saturated carbocycles. The average molecular weight is 228 g/mol. The van der Waals surface area contributed by atoms with Crippen LogP contribution in [0.4, 0.5) is 4.79 Å². The first-order chi connectivity index (χ1) is 7.56. The molecule has 0 spiro atoms. The van der Waals surface area contributed by atoms with E-state index in [0.29, 0.717) is 0 Å². The van der Waals surface area contributed by atoms with Crippen LogP contribution in [-0.4, -0.2) is 41.1 Å². The summed E-state index contributed by atoms with van der Waals surface area (Å²) in [6, 6.07) is -0.313. The predicted molar refractivity (Wildman–Crippen MR) is 61.4 cm³/mol. The number of carbonyl (C=O) groups is 1. The Morgan fingerprint density at radius 3 is 2.62 bits per heavy atom. The third-order valence-electron chi connectivity index (χ3n) is 3.13. The van der Waals surface area contributed by atoms with E-state index in [4.69, 9.17) is 10.9 Å². The monoisotopic (exact) mass is 228 g/mol. The van der Waals surface area contributed by atoms with E-state index in [2.05, 4.69) is 10.5 Å². The molecule has 1 atom stereocenters. The van der Waals surface area contributed by atoms with E-state index in [1.54, 1.807) is 14.0 Å². The lowest BCUT2D eigenvalue weighted by molar-refractivity contribution is 0.199. The van der Waals surface area contributed by atoms with Gasteiger partial charge < -0.3 is 21.2 Å². The van der Waals surface area contributed by atoms with Crippen LogP contribution in [0.5, 0.6) is 0 Å². The van der Waals surface area contributed by atoms with E-state index < -0.39 is 6.04 Å². The van der Waals surface area contributed by atoms with E-state index in [1.165, 1.54) is 17.7 Å². The molecule has 0 heterocycles. The first-order valence-electron chi connectivity index (χ1n) is 5.57. The molecule has 0 radical (unpaired) electrons. The summed E-state index contributed by atoms with van der Waals surface area (Å²) >= 11 is 0. The zero-order valence-corrected chi connectivity index (χ0v) is 9.81. The van der Waals surface area contributed by atoms with Crippen molar-refractivity contribution in [3.63, 3.8) is 0 Å². The average Bonchev–Trinajstić information content (AvgIpc) is 2.78. The first kappa shape index (κ1) is 12.6. The highest BCUT2D eigenvalue weighted by Gasteiger charge is 2.23. The van der Waals surface area contributed by atoms with Crippen molar-refractivity contribution in [2.45, 2.75) is 44.7 Å². The number of amides is 2. The fourth-order valence-corrected chi connectivity index (χ4v) is 1.80. The Morgan fingerprint density at radius 1 is 1.56 bits per heavy atom. The van der Waals surface area contributed by atoms with Crippen molar-refractivity contribution in [2.24, 2.45) is 10.9 Å². The van der Waals surface area contributed by atoms with Gasteiger partial charge in [0.1, 0.15) is 0 Å². The molecule has 6 heteroatoms. The molecule has 92 valence electrons. The molecule has 1 aliphatic rings. The number of rotatable bonds is 3. The van der Waals surface area contributed by atoms with Gasteiger partial charge in [-0.2, -0.15) is 0 Å². The maximum absolute atomic E-state index is 11.8. The van der Waals surface area contributed by atoms with Crippen LogP contribution in [-0.2, 0) is 0 Å². The Hall–Kier alpha value is -1.46. The molecule has 0 aromatic carbocycles. The highest BCUT2D eigenvalue weighted by atomic mass is 16.4. The third-order valence-corrected chi connectivity index (χ3v) is 3.13. The molecule has 0 bridgehead atoms. The zero-order valence-electron chi connectivity index (χ0n) is 9.81. The number of nitrogens with two attached hydrogens (primary N) is 1. The second-order valence-corrected chi connectivity index (χ2v) is 4.24. The lowest BCUT2D eigenvalue weighted by atomic mass is 10.2. The minimum absolute atomic E-state index is 0.0315. The van der Waals surface area contributed by atoms with E-state index in [1.807, 2.05) is 0 Å². The van der Waals surface area contributed by atoms with Crippen LogP contribution in [0, 0.1) is 0 Å². The summed E-state index contributed by atoms with van der Waals surface area (Å²) in [4.78, 5) is 13.2. The molecule has 0 aromatic rings. The lowest BCUT2D eigenvalue weighted by Crippen LogP contribution is -2.50. The quantitative estimate of drug-likeness (QED) is 0.287. The van der Waals surface area contributed by atoms with E-state index in [-0.39, 0.29) is 17.9 Å². The summed E-state index contributed by atoms with van der Waals surface area (Å²) in [5.41, 5.74) is 5.44. The smallest absolute Gasteiger partial charge is 0.317 e. The molecule has 16 heavy (non-hydrogen) atoms. The maximum Gasteiger partial charge on any atom is 0.317 e. The van der Waals surface area contributed by atoms with Crippen LogP contribution < -0.4 is 11.1 Å². The van der Waals surface area contributed by atoms with E-state index in [0.717, 1.165) is 12.8 Å². The van der Waals surface area contributed by atoms with Crippen molar-refractivity contribution in [3.05, 3.63) is 0 Å². The minimum Gasteiger partial charge on any atom is -0.409 e. The number of nitrogens with zero attached hydrogens (tertiary/aromatic N) is 2. The third kappa shape index (κ3) is 3.01. The second-order valence-electron chi connectivity index (χ2n) is 4.24. The van der Waals surface area contributed by atoms with Crippen molar-refractivity contribution in [3.8, 4) is 0 Å². The van der Waals surface area contributed by atoms with E-state index >= 15 is 0 Å². The minimum atomic E-state index is -0.411. The molecule has 2 amide bonds. The predicted octanol–water partition coefficient (Wildman–Crippen LogP) is 0.705. The highest BCUT2D eigenvalue weighted by molar-refractivity contribution is 5.89. The van der Waals surface area contributed by atoms with Crippen molar-refractivity contribution < 1.29 is 10.0 Å². The summed E-state index contributed by atoms with van der Waals surface area (Å²) in [6.07, 6.45) is 4.42. The second kappa shape index (κ2) is 5.58. The molecular weight excluding hydrogens is 208 g/mol. The summed E-state index contributed by atoms with van der Waals surface area (Å²) < 4.78 is 0. The largest absolute Gasteiger partial charge is 0.409 e. The summed E-state index contributed by atoms with van der Waals surface area (Å²) in [6.45, 7) is 1.71. The van der Waals surface area contributed by atoms with E-state index in [9.17, 15) is 4.79 Å². The first-order valence-corrected chi connectivity index (χ1v) is 5.57. The molecular formula is C10H20N4O2. The van der Waals surface area contributed by atoms with Gasteiger partial charge in [-0.1, -0.05) is 18.0 Å². The zero-order chi connectivity index (χ0) is 12.1. The number of nitrogens with one attached hydrogen (secondary N) is 1. The topological polar surface area (TPSA) is 91.0 Å². The van der Waals surface area contributed by atoms with Crippen LogP contribution in [0.1, 0.15) is 32.6 Å². The van der Waals surface area contributed by atoms with Crippen LogP contribution in [0.25, 0.3) is 0 Å². The van der Waals surface area contributed by atoms with Gasteiger partial charge in [-0.3, -0.25) is 0 Å². The Labute approximate surface area is 95.5 Å². The fourth-order valence-electron chi connectivity index (χ4n) is 1.80. The number of likely N-dealkylation sites (N-methyl/N-ethyl adjacent to an activating group) is 1. The van der Waals surface area contributed by atoms with Crippen LogP contribution in [0.2, 0.25) is 0 Å². The van der Waals surface area contributed by atoms with Gasteiger partial charge in [0.15, 0.2) is 5.84 Å². The number of hydrogen-bond donors (Lipinski definition) is 3. The number of oxime groups is 1. The van der Waals surface area contributed by atoms with Crippen molar-refractivity contribution in [1.29, 1.82) is 0 Å². The van der Waals surface area contributed by atoms with Gasteiger partial charge in [-0.15, -0.1) is 0 Å². The summed E-state index contributed by atoms with van der Waals surface area (Å²) in [5.74, 6) is 0.0315. The fraction of sp³-hybridized carbons (Fsp3) is 0.800. The molecule has 1 aliphatic carbocycles. The number of urea groups is 1. The summed E-state index contributed by atoms with van der Waals surface area (Å²) in [7, 11) is 1.63.